The summed E-state index contributed by atoms with van der Waals surface area (Å²) in [6, 6.07) is 0.0193. The number of carbonyl (C=O) groups is 4. The topological polar surface area (TPSA) is 113 Å². The molecule has 0 spiro atoms. The highest BCUT2D eigenvalue weighted by Crippen LogP contribution is 2.77. The Morgan fingerprint density at radius 1 is 0.804 bits per heavy atom. The molecule has 6 aliphatic carbocycles. The number of carboxylic acid groups (broad SMARTS) is 1. The number of carbonyl (C=O) groups excluding carboxylic acids is 3. The van der Waals surface area contributed by atoms with Crippen LogP contribution in [0.5, 0.6) is 0 Å². The van der Waals surface area contributed by atoms with Crippen molar-refractivity contribution < 1.29 is 29.0 Å². The van der Waals surface area contributed by atoms with Gasteiger partial charge in [-0.2, -0.15) is 0 Å². The predicted molar refractivity (Wildman–Crippen MR) is 219 cm³/mol. The van der Waals surface area contributed by atoms with Crippen LogP contribution >= 0.6 is 0 Å². The van der Waals surface area contributed by atoms with Gasteiger partial charge in [-0.3, -0.25) is 19.2 Å². The highest BCUT2D eigenvalue weighted by atomic mass is 16.5. The second kappa shape index (κ2) is 13.8. The van der Waals surface area contributed by atoms with E-state index in [0.717, 1.165) is 96.6 Å². The van der Waals surface area contributed by atoms with Crippen molar-refractivity contribution >= 4 is 23.8 Å². The van der Waals surface area contributed by atoms with Crippen LogP contribution in [0, 0.1) is 73.4 Å². The third kappa shape index (κ3) is 6.07. The van der Waals surface area contributed by atoms with E-state index in [9.17, 15) is 19.5 Å². The van der Waals surface area contributed by atoms with E-state index >= 15 is 4.79 Å². The van der Waals surface area contributed by atoms with Crippen LogP contribution in [0.25, 0.3) is 0 Å². The first-order valence-electron chi connectivity index (χ1n) is 22.7. The number of hydrogen-bond acceptors (Lipinski definition) is 5. The van der Waals surface area contributed by atoms with Gasteiger partial charge in [0.05, 0.1) is 17.3 Å². The fourth-order valence-electron chi connectivity index (χ4n) is 15.6. The van der Waals surface area contributed by atoms with Crippen LogP contribution in [-0.4, -0.2) is 59.0 Å². The summed E-state index contributed by atoms with van der Waals surface area (Å²) in [7, 11) is 0. The first kappa shape index (κ1) is 41.8. The van der Waals surface area contributed by atoms with Crippen molar-refractivity contribution in [1.29, 1.82) is 0 Å². The molecule has 8 nitrogen and oxygen atoms in total. The van der Waals surface area contributed by atoms with E-state index in [2.05, 4.69) is 72.2 Å². The fraction of sp³-hybridized carbons (Fsp3) is 0.875. The summed E-state index contributed by atoms with van der Waals surface area (Å²) < 4.78 is 6.20. The first-order chi connectivity index (χ1) is 26.0. The molecule has 0 radical (unpaired) electrons. The van der Waals surface area contributed by atoms with Gasteiger partial charge in [-0.15, -0.1) is 0 Å². The van der Waals surface area contributed by atoms with Crippen LogP contribution < -0.4 is 5.32 Å². The normalized spacial score (nSPS) is 43.8. The van der Waals surface area contributed by atoms with Gasteiger partial charge in [-0.25, -0.2) is 0 Å². The van der Waals surface area contributed by atoms with Gasteiger partial charge in [0.2, 0.25) is 11.8 Å². The molecule has 6 saturated carbocycles. The molecule has 314 valence electrons. The Hall–Kier alpha value is -2.38. The number of hydrogen-bond donors (Lipinski definition) is 2. The van der Waals surface area contributed by atoms with Crippen LogP contribution in [0.15, 0.2) is 12.2 Å². The Morgan fingerprint density at radius 2 is 1.48 bits per heavy atom. The molecular formula is C48H76N2O6. The lowest BCUT2D eigenvalue weighted by Crippen LogP contribution is -2.68. The molecule has 2 amide bonds. The monoisotopic (exact) mass is 777 g/mol. The van der Waals surface area contributed by atoms with Gasteiger partial charge >= 0.3 is 11.9 Å². The van der Waals surface area contributed by atoms with Crippen LogP contribution in [0.1, 0.15) is 166 Å². The Kier molecular flexibility index (Phi) is 10.3. The summed E-state index contributed by atoms with van der Waals surface area (Å²) in [5.74, 6) is 1.12. The summed E-state index contributed by atoms with van der Waals surface area (Å²) in [4.78, 5) is 55.6. The maximum Gasteiger partial charge on any atom is 0.309 e. The van der Waals surface area contributed by atoms with E-state index in [1.54, 1.807) is 13.8 Å². The second-order valence-corrected chi connectivity index (χ2v) is 23.1. The van der Waals surface area contributed by atoms with Gasteiger partial charge in [-0.1, -0.05) is 60.6 Å². The molecule has 1 heterocycles. The maximum atomic E-state index is 15.0. The summed E-state index contributed by atoms with van der Waals surface area (Å²) in [6.45, 7) is 28.5. The van der Waals surface area contributed by atoms with Gasteiger partial charge in [0, 0.05) is 30.5 Å². The summed E-state index contributed by atoms with van der Waals surface area (Å²) >= 11 is 0. The first-order valence-corrected chi connectivity index (χ1v) is 22.7. The predicted octanol–water partition coefficient (Wildman–Crippen LogP) is 9.60. The molecular weight excluding hydrogens is 701 g/mol. The van der Waals surface area contributed by atoms with Crippen molar-refractivity contribution in [2.45, 2.75) is 178 Å². The number of carboxylic acids is 1. The summed E-state index contributed by atoms with van der Waals surface area (Å²) in [5, 5.41) is 13.3. The number of fused-ring (bicyclic) bond motifs is 7. The molecule has 0 aromatic rings. The third-order valence-corrected chi connectivity index (χ3v) is 19.4. The number of nitrogens with one attached hydrogen (secondary N) is 1. The van der Waals surface area contributed by atoms with E-state index in [-0.39, 0.29) is 63.4 Å². The number of aliphatic carboxylic acids is 1. The van der Waals surface area contributed by atoms with E-state index in [4.69, 9.17) is 4.74 Å². The molecule has 8 heteroatoms. The minimum Gasteiger partial charge on any atom is -0.481 e. The van der Waals surface area contributed by atoms with E-state index in [0.29, 0.717) is 29.6 Å². The lowest BCUT2D eigenvalue weighted by molar-refractivity contribution is -0.249. The zero-order chi connectivity index (χ0) is 41.0. The minimum atomic E-state index is -1.16. The van der Waals surface area contributed by atoms with Gasteiger partial charge in [0.25, 0.3) is 0 Å². The Balaban J connectivity index is 1.10. The second-order valence-electron chi connectivity index (χ2n) is 23.1. The number of piperidine rings is 1. The quantitative estimate of drug-likeness (QED) is 0.188. The van der Waals surface area contributed by atoms with E-state index in [1.807, 2.05) is 0 Å². The SMILES string of the molecule is C=C(C)[C@@H]1CC[C@]2(C(=O)N[C@H]3C[C@@H](C(=O)N4CCCCC4)C3(C)C)CC[C@]3(C)[C@H](CC[C@@H]4[C@@]5(C)CC[C@H](OC(=O)CC(C)(C)C(=O)O)C(C)(C)[C@@H]5CC[C@]43C)[C@@H]12. The van der Waals surface area contributed by atoms with E-state index in [1.165, 1.54) is 12.0 Å². The average Bonchev–Trinajstić information content (AvgIpc) is 3.53. The minimum absolute atomic E-state index is 0.0193. The molecule has 1 saturated heterocycles. The smallest absolute Gasteiger partial charge is 0.309 e. The maximum absolute atomic E-state index is 15.0. The molecule has 7 rings (SSSR count). The third-order valence-electron chi connectivity index (χ3n) is 19.4. The Bertz CT molecular complexity index is 1630. The number of allylic oxidation sites excluding steroid dienone is 1. The largest absolute Gasteiger partial charge is 0.481 e. The fourth-order valence-corrected chi connectivity index (χ4v) is 15.6. The molecule has 0 unspecified atom stereocenters. The molecule has 7 fully saturated rings. The molecule has 12 atom stereocenters. The Labute approximate surface area is 338 Å². The molecule has 1 aliphatic heterocycles. The molecule has 0 aromatic carbocycles. The zero-order valence-electron chi connectivity index (χ0n) is 36.8. The van der Waals surface area contributed by atoms with Crippen molar-refractivity contribution in [2.24, 2.45) is 73.4 Å². The number of ether oxygens (including phenoxy) is 1. The van der Waals surface area contributed by atoms with Gasteiger partial charge in [-0.05, 0) is 162 Å². The molecule has 0 aromatic heterocycles. The molecule has 7 aliphatic rings. The number of nitrogens with zero attached hydrogens (tertiary/aromatic N) is 1. The Morgan fingerprint density at radius 3 is 2.11 bits per heavy atom. The van der Waals surface area contributed by atoms with Crippen molar-refractivity contribution in [3.05, 3.63) is 12.2 Å². The standard InChI is InChI=1S/C48H76N2O6/c1-29(2)30-17-22-48(40(53)49-35-27-32(43(35,5)6)39(52)50-25-13-12-14-26-50)24-23-46(10)31(38(30)48)15-16-34-45(9)20-19-36(56-37(51)28-42(3,4)41(54)55)44(7,8)33(45)18-21-47(34,46)11/h30-36,38H,1,12-28H2,2-11H3,(H,49,53)(H,54,55)/t30-,31+,32-,33-,34+,35-,36-,38+,45-,46+,47+,48-/m0/s1. The lowest BCUT2D eigenvalue weighted by atomic mass is 9.32. The zero-order valence-corrected chi connectivity index (χ0v) is 36.8. The number of amides is 2. The average molecular weight is 777 g/mol. The van der Waals surface area contributed by atoms with E-state index < -0.39 is 22.8 Å². The highest BCUT2D eigenvalue weighted by molar-refractivity contribution is 5.86. The number of rotatable bonds is 8. The van der Waals surface area contributed by atoms with Crippen LogP contribution in [0.3, 0.4) is 0 Å². The lowest BCUT2D eigenvalue weighted by Gasteiger charge is -2.73. The number of likely N-dealkylation sites (tertiary alicyclic amines) is 1. The van der Waals surface area contributed by atoms with Crippen molar-refractivity contribution in [3.8, 4) is 0 Å². The van der Waals surface area contributed by atoms with Gasteiger partial charge in [0.1, 0.15) is 6.10 Å². The highest BCUT2D eigenvalue weighted by Gasteiger charge is 2.72. The molecule has 56 heavy (non-hydrogen) atoms. The number of esters is 1. The van der Waals surface area contributed by atoms with Crippen LogP contribution in [-0.2, 0) is 23.9 Å². The summed E-state index contributed by atoms with van der Waals surface area (Å²) in [5.41, 5.74) is -0.492. The molecule has 0 bridgehead atoms. The van der Waals surface area contributed by atoms with Crippen LogP contribution in [0.2, 0.25) is 0 Å². The van der Waals surface area contributed by atoms with Gasteiger partial charge in [0.15, 0.2) is 0 Å². The molecule has 2 N–H and O–H groups in total. The van der Waals surface area contributed by atoms with Crippen LogP contribution in [0.4, 0.5) is 0 Å². The van der Waals surface area contributed by atoms with Crippen molar-refractivity contribution in [2.75, 3.05) is 13.1 Å². The van der Waals surface area contributed by atoms with Crippen molar-refractivity contribution in [3.63, 3.8) is 0 Å². The summed E-state index contributed by atoms with van der Waals surface area (Å²) in [6.07, 6.45) is 14.0. The van der Waals surface area contributed by atoms with Crippen molar-refractivity contribution in [1.82, 2.24) is 10.2 Å². The van der Waals surface area contributed by atoms with Gasteiger partial charge < -0.3 is 20.1 Å².